The first-order valence-corrected chi connectivity index (χ1v) is 7.27. The minimum absolute atomic E-state index is 0.187. The highest BCUT2D eigenvalue weighted by Gasteiger charge is 2.55. The van der Waals surface area contributed by atoms with Crippen LogP contribution in [0.4, 0.5) is 0 Å². The maximum absolute atomic E-state index is 12.1. The van der Waals surface area contributed by atoms with Crippen molar-refractivity contribution in [2.45, 2.75) is 31.0 Å². The Kier molecular flexibility index (Phi) is 6.42. The maximum Gasteiger partial charge on any atom is 0.335 e. The van der Waals surface area contributed by atoms with E-state index in [1.807, 2.05) is 0 Å². The summed E-state index contributed by atoms with van der Waals surface area (Å²) < 4.78 is 0. The second-order valence-electron chi connectivity index (χ2n) is 4.90. The van der Waals surface area contributed by atoms with Crippen molar-refractivity contribution in [2.24, 2.45) is 5.73 Å². The Morgan fingerprint density at radius 3 is 2.29 bits per heavy atom. The van der Waals surface area contributed by atoms with Crippen LogP contribution in [0.3, 0.4) is 0 Å². The minimum atomic E-state index is -1.91. The average Bonchev–Trinajstić information content (AvgIpc) is 2.52. The summed E-state index contributed by atoms with van der Waals surface area (Å²) in [6, 6.07) is -4.52. The van der Waals surface area contributed by atoms with Crippen molar-refractivity contribution in [3.05, 3.63) is 0 Å². The van der Waals surface area contributed by atoms with Crippen molar-refractivity contribution in [2.75, 3.05) is 5.75 Å². The van der Waals surface area contributed by atoms with Crippen LogP contribution in [0.25, 0.3) is 0 Å². The predicted octanol–water partition coefficient (Wildman–Crippen LogP) is -3.02. The summed E-state index contributed by atoms with van der Waals surface area (Å²) in [5.41, 5.74) is 5.23. The Labute approximate surface area is 140 Å². The zero-order chi connectivity index (χ0) is 18.6. The Balaban J connectivity index is 2.69. The molecule has 1 rings (SSSR count). The van der Waals surface area contributed by atoms with Gasteiger partial charge in [0.15, 0.2) is 0 Å². The van der Waals surface area contributed by atoms with E-state index in [4.69, 9.17) is 15.9 Å². The number of hydrogen-bond acceptors (Lipinski definition) is 8. The number of carboxylic acid groups (broad SMARTS) is 2. The summed E-state index contributed by atoms with van der Waals surface area (Å²) in [7, 11) is 0. The summed E-state index contributed by atoms with van der Waals surface area (Å²) in [5.74, 6) is -7.54. The molecule has 0 spiro atoms. The lowest BCUT2D eigenvalue weighted by Crippen LogP contribution is -2.70. The average molecular weight is 361 g/mol. The lowest BCUT2D eigenvalue weighted by Gasteiger charge is -2.35. The van der Waals surface area contributed by atoms with E-state index < -0.39 is 53.6 Å². The van der Waals surface area contributed by atoms with Crippen LogP contribution < -0.4 is 11.1 Å². The van der Waals surface area contributed by atoms with Crippen LogP contribution in [0.2, 0.25) is 0 Å². The van der Waals surface area contributed by atoms with Gasteiger partial charge in [0.2, 0.25) is 11.9 Å². The normalized spacial score (nSPS) is 19.2. The van der Waals surface area contributed by atoms with Gasteiger partial charge in [-0.1, -0.05) is 0 Å². The molecule has 3 atom stereocenters. The standard InChI is InChI=1S/C12H15N3O8S/c13-4(11(20)21)1-2-6(16)14-5(3-24)9(18)15-7(12(22)23)8(17)10(15)19/h4-5,7,24H,1-3,13H2,(H,14,16)(H,20,21)(H,22,23)/t4?,5?,7-/m0/s1. The first-order chi connectivity index (χ1) is 11.1. The first kappa shape index (κ1) is 19.6. The number of amides is 3. The zero-order valence-electron chi connectivity index (χ0n) is 12.2. The smallest absolute Gasteiger partial charge is 0.335 e. The number of nitrogens with zero attached hydrogens (tertiary/aromatic N) is 1. The molecule has 1 fully saturated rings. The molecule has 132 valence electrons. The third-order valence-corrected chi connectivity index (χ3v) is 3.59. The van der Waals surface area contributed by atoms with Crippen molar-refractivity contribution in [3.8, 4) is 0 Å². The second-order valence-corrected chi connectivity index (χ2v) is 5.27. The number of nitrogens with one attached hydrogen (secondary N) is 1. The summed E-state index contributed by atoms with van der Waals surface area (Å²) in [5, 5.41) is 19.6. The summed E-state index contributed by atoms with van der Waals surface area (Å²) in [4.78, 5) is 68.1. The van der Waals surface area contributed by atoms with Gasteiger partial charge in [-0.2, -0.15) is 12.6 Å². The molecule has 0 aromatic heterocycles. The van der Waals surface area contributed by atoms with Crippen molar-refractivity contribution in [1.29, 1.82) is 0 Å². The molecule has 0 aliphatic carbocycles. The van der Waals surface area contributed by atoms with Crippen LogP contribution in [0, 0.1) is 0 Å². The number of aliphatic carboxylic acids is 2. The van der Waals surface area contributed by atoms with E-state index in [0.29, 0.717) is 0 Å². The molecule has 0 bridgehead atoms. The van der Waals surface area contributed by atoms with Crippen molar-refractivity contribution >= 4 is 48.1 Å². The maximum atomic E-state index is 12.1. The lowest BCUT2D eigenvalue weighted by molar-refractivity contribution is -0.175. The Hall–Kier alpha value is -2.47. The number of Topliss-reactive ketones (excluding diaryl/α,β-unsaturated/α-hetero) is 1. The predicted molar refractivity (Wildman–Crippen MR) is 78.9 cm³/mol. The number of ketones is 1. The van der Waals surface area contributed by atoms with E-state index in [1.54, 1.807) is 0 Å². The van der Waals surface area contributed by atoms with Crippen LogP contribution >= 0.6 is 12.6 Å². The summed E-state index contributed by atoms with van der Waals surface area (Å²) >= 11 is 3.84. The van der Waals surface area contributed by atoms with Crippen molar-refractivity contribution in [1.82, 2.24) is 10.2 Å². The third kappa shape index (κ3) is 4.08. The number of β-lactam (4-membered cyclic amide) rings is 1. The number of carbonyl (C=O) groups is 6. The number of carboxylic acids is 2. The molecule has 1 heterocycles. The van der Waals surface area contributed by atoms with Crippen LogP contribution in [0.5, 0.6) is 0 Å². The second kappa shape index (κ2) is 7.88. The Morgan fingerprint density at radius 2 is 1.83 bits per heavy atom. The fourth-order valence-electron chi connectivity index (χ4n) is 1.88. The van der Waals surface area contributed by atoms with E-state index in [1.165, 1.54) is 0 Å². The topological polar surface area (TPSA) is 184 Å². The number of carbonyl (C=O) groups excluding carboxylic acids is 4. The van der Waals surface area contributed by atoms with Crippen LogP contribution in [-0.4, -0.2) is 74.4 Å². The van der Waals surface area contributed by atoms with Gasteiger partial charge >= 0.3 is 17.8 Å². The highest BCUT2D eigenvalue weighted by molar-refractivity contribution is 7.80. The SMILES string of the molecule is NC(CCC(=O)NC(CS)C(=O)N1C(=O)C(=O)[C@H]1C(=O)O)C(=O)O. The minimum Gasteiger partial charge on any atom is -0.480 e. The van der Waals surface area contributed by atoms with E-state index in [2.05, 4.69) is 17.9 Å². The molecular weight excluding hydrogens is 346 g/mol. The monoisotopic (exact) mass is 361 g/mol. The first-order valence-electron chi connectivity index (χ1n) is 6.64. The molecule has 0 radical (unpaired) electrons. The molecule has 1 aliphatic heterocycles. The van der Waals surface area contributed by atoms with Gasteiger partial charge < -0.3 is 21.3 Å². The molecule has 24 heavy (non-hydrogen) atoms. The number of likely N-dealkylation sites (tertiary alicyclic amines) is 1. The van der Waals surface area contributed by atoms with E-state index in [-0.39, 0.29) is 23.5 Å². The summed E-state index contributed by atoms with van der Waals surface area (Å²) in [6.07, 6.45) is -0.492. The number of rotatable bonds is 8. The van der Waals surface area contributed by atoms with Gasteiger partial charge in [-0.25, -0.2) is 4.79 Å². The lowest BCUT2D eigenvalue weighted by atomic mass is 9.99. The number of nitrogens with two attached hydrogens (primary N) is 1. The van der Waals surface area contributed by atoms with Gasteiger partial charge in [-0.05, 0) is 6.42 Å². The highest BCUT2D eigenvalue weighted by Crippen LogP contribution is 2.17. The largest absolute Gasteiger partial charge is 0.480 e. The van der Waals surface area contributed by atoms with E-state index in [0.717, 1.165) is 0 Å². The molecule has 3 amide bonds. The molecule has 12 heteroatoms. The number of imide groups is 1. The van der Waals surface area contributed by atoms with Crippen LogP contribution in [-0.2, 0) is 28.8 Å². The molecule has 5 N–H and O–H groups in total. The molecular formula is C12H15N3O8S. The molecule has 0 aromatic rings. The number of hydrogen-bond donors (Lipinski definition) is 5. The van der Waals surface area contributed by atoms with Crippen LogP contribution in [0.15, 0.2) is 0 Å². The van der Waals surface area contributed by atoms with E-state index in [9.17, 15) is 28.8 Å². The van der Waals surface area contributed by atoms with Crippen molar-refractivity contribution < 1.29 is 39.0 Å². The van der Waals surface area contributed by atoms with Gasteiger partial charge in [0.25, 0.3) is 11.7 Å². The van der Waals surface area contributed by atoms with Gasteiger partial charge in [-0.15, -0.1) is 0 Å². The van der Waals surface area contributed by atoms with Gasteiger partial charge in [-0.3, -0.25) is 28.9 Å². The third-order valence-electron chi connectivity index (χ3n) is 3.22. The molecule has 0 aromatic carbocycles. The summed E-state index contributed by atoms with van der Waals surface area (Å²) in [6.45, 7) is 0. The highest BCUT2D eigenvalue weighted by atomic mass is 32.1. The molecule has 2 unspecified atom stereocenters. The molecule has 11 nitrogen and oxygen atoms in total. The van der Waals surface area contributed by atoms with Gasteiger partial charge in [0, 0.05) is 12.2 Å². The Morgan fingerprint density at radius 1 is 1.25 bits per heavy atom. The van der Waals surface area contributed by atoms with E-state index >= 15 is 0 Å². The molecule has 0 saturated carbocycles. The Bertz CT molecular complexity index is 607. The molecule has 1 aliphatic rings. The fourth-order valence-corrected chi connectivity index (χ4v) is 2.13. The molecule has 1 saturated heterocycles. The quantitative estimate of drug-likeness (QED) is 0.130. The van der Waals surface area contributed by atoms with Crippen molar-refractivity contribution in [3.63, 3.8) is 0 Å². The zero-order valence-corrected chi connectivity index (χ0v) is 13.1. The van der Waals surface area contributed by atoms with Gasteiger partial charge in [0.05, 0.1) is 0 Å². The number of thiol groups is 1. The van der Waals surface area contributed by atoms with Crippen LogP contribution in [0.1, 0.15) is 12.8 Å². The fraction of sp³-hybridized carbons (Fsp3) is 0.500. The van der Waals surface area contributed by atoms with Gasteiger partial charge in [0.1, 0.15) is 12.1 Å².